The molecule has 0 radical (unpaired) electrons. The van der Waals surface area contributed by atoms with Crippen LogP contribution < -0.4 is 5.73 Å². The van der Waals surface area contributed by atoms with Gasteiger partial charge in [0.15, 0.2) is 0 Å². The predicted molar refractivity (Wildman–Crippen MR) is 44.2 cm³/mol. The second-order valence-electron chi connectivity index (χ2n) is 2.56. The van der Waals surface area contributed by atoms with E-state index < -0.39 is 0 Å². The van der Waals surface area contributed by atoms with Crippen LogP contribution in [0.5, 0.6) is 0 Å². The first kappa shape index (κ1) is 7.69. The van der Waals surface area contributed by atoms with Crippen molar-refractivity contribution in [3.8, 4) is 0 Å². The highest BCUT2D eigenvalue weighted by Crippen LogP contribution is 2.09. The Balaban J connectivity index is 2.58. The summed E-state index contributed by atoms with van der Waals surface area (Å²) in [6.45, 7) is 4.00. The number of nitrogens with two attached hydrogens (primary N) is 1. The molecule has 0 aliphatic rings. The van der Waals surface area contributed by atoms with Crippen LogP contribution >= 0.6 is 11.3 Å². The van der Waals surface area contributed by atoms with Gasteiger partial charge >= 0.3 is 0 Å². The van der Waals surface area contributed by atoms with E-state index in [1.807, 2.05) is 13.8 Å². The van der Waals surface area contributed by atoms with Gasteiger partial charge in [0.05, 0.1) is 5.01 Å². The first-order chi connectivity index (χ1) is 4.68. The SMILES string of the molecule is Cc1csc(C[C@@H](C)N)n1. The summed E-state index contributed by atoms with van der Waals surface area (Å²) >= 11 is 1.69. The third-order valence-electron chi connectivity index (χ3n) is 1.16. The van der Waals surface area contributed by atoms with Crippen molar-refractivity contribution in [2.24, 2.45) is 5.73 Å². The first-order valence-electron chi connectivity index (χ1n) is 3.35. The van der Waals surface area contributed by atoms with E-state index in [0.29, 0.717) is 0 Å². The van der Waals surface area contributed by atoms with Crippen molar-refractivity contribution < 1.29 is 0 Å². The minimum Gasteiger partial charge on any atom is -0.328 e. The molecule has 1 aromatic heterocycles. The fraction of sp³-hybridized carbons (Fsp3) is 0.571. The molecule has 2 N–H and O–H groups in total. The molecule has 1 atom stereocenters. The zero-order valence-corrected chi connectivity index (χ0v) is 7.11. The van der Waals surface area contributed by atoms with E-state index in [9.17, 15) is 0 Å². The summed E-state index contributed by atoms with van der Waals surface area (Å²) < 4.78 is 0. The van der Waals surface area contributed by atoms with Crippen LogP contribution in [0.3, 0.4) is 0 Å². The number of aryl methyl sites for hydroxylation is 1. The zero-order valence-electron chi connectivity index (χ0n) is 6.29. The van der Waals surface area contributed by atoms with Gasteiger partial charge in [-0.15, -0.1) is 11.3 Å². The van der Waals surface area contributed by atoms with E-state index >= 15 is 0 Å². The number of hydrogen-bond acceptors (Lipinski definition) is 3. The van der Waals surface area contributed by atoms with Gasteiger partial charge in [-0.3, -0.25) is 0 Å². The van der Waals surface area contributed by atoms with Crippen LogP contribution in [-0.2, 0) is 6.42 Å². The third-order valence-corrected chi connectivity index (χ3v) is 2.15. The van der Waals surface area contributed by atoms with E-state index in [2.05, 4.69) is 10.4 Å². The van der Waals surface area contributed by atoms with Crippen molar-refractivity contribution in [3.63, 3.8) is 0 Å². The van der Waals surface area contributed by atoms with Gasteiger partial charge in [0.2, 0.25) is 0 Å². The summed E-state index contributed by atoms with van der Waals surface area (Å²) in [4.78, 5) is 4.29. The highest BCUT2D eigenvalue weighted by Gasteiger charge is 2.00. The molecule has 0 aliphatic carbocycles. The van der Waals surface area contributed by atoms with Gasteiger partial charge in [-0.2, -0.15) is 0 Å². The van der Waals surface area contributed by atoms with Crippen LogP contribution in [0, 0.1) is 6.92 Å². The minimum absolute atomic E-state index is 0.227. The summed E-state index contributed by atoms with van der Waals surface area (Å²) in [6.07, 6.45) is 0.901. The molecule has 0 unspecified atom stereocenters. The number of thiazole rings is 1. The molecule has 0 bridgehead atoms. The molecule has 0 aromatic carbocycles. The number of aromatic nitrogens is 1. The molecular weight excluding hydrogens is 144 g/mol. The smallest absolute Gasteiger partial charge is 0.0943 e. The van der Waals surface area contributed by atoms with E-state index in [1.54, 1.807) is 11.3 Å². The molecule has 1 aromatic rings. The summed E-state index contributed by atoms with van der Waals surface area (Å²) in [6, 6.07) is 0.227. The molecule has 3 heteroatoms. The average molecular weight is 156 g/mol. The van der Waals surface area contributed by atoms with Gasteiger partial charge in [0.25, 0.3) is 0 Å². The molecule has 2 nitrogen and oxygen atoms in total. The zero-order chi connectivity index (χ0) is 7.56. The normalized spacial score (nSPS) is 13.5. The lowest BCUT2D eigenvalue weighted by molar-refractivity contribution is 0.732. The molecule has 0 saturated carbocycles. The Kier molecular flexibility index (Phi) is 2.40. The molecule has 56 valence electrons. The highest BCUT2D eigenvalue weighted by molar-refractivity contribution is 7.09. The molecule has 1 rings (SSSR count). The number of hydrogen-bond donors (Lipinski definition) is 1. The Bertz CT molecular complexity index is 205. The van der Waals surface area contributed by atoms with Gasteiger partial charge < -0.3 is 5.73 Å². The lowest BCUT2D eigenvalue weighted by Crippen LogP contribution is -2.17. The Morgan fingerprint density at radius 3 is 2.90 bits per heavy atom. The van der Waals surface area contributed by atoms with Crippen molar-refractivity contribution >= 4 is 11.3 Å². The Morgan fingerprint density at radius 1 is 1.80 bits per heavy atom. The maximum absolute atomic E-state index is 5.60. The van der Waals surface area contributed by atoms with Crippen LogP contribution in [0.15, 0.2) is 5.38 Å². The van der Waals surface area contributed by atoms with Crippen LogP contribution in [0.2, 0.25) is 0 Å². The number of rotatable bonds is 2. The van der Waals surface area contributed by atoms with Gasteiger partial charge in [-0.1, -0.05) is 0 Å². The Morgan fingerprint density at radius 2 is 2.50 bits per heavy atom. The topological polar surface area (TPSA) is 38.9 Å². The molecule has 0 fully saturated rings. The quantitative estimate of drug-likeness (QED) is 0.701. The van der Waals surface area contributed by atoms with Gasteiger partial charge in [-0.05, 0) is 13.8 Å². The maximum atomic E-state index is 5.60. The molecule has 0 amide bonds. The van der Waals surface area contributed by atoms with Gasteiger partial charge in [0.1, 0.15) is 0 Å². The Labute approximate surface area is 65.1 Å². The van der Waals surface area contributed by atoms with Crippen LogP contribution in [-0.4, -0.2) is 11.0 Å². The largest absolute Gasteiger partial charge is 0.328 e. The molecule has 0 saturated heterocycles. The van der Waals surface area contributed by atoms with Crippen LogP contribution in [0.4, 0.5) is 0 Å². The molecule has 10 heavy (non-hydrogen) atoms. The van der Waals surface area contributed by atoms with E-state index in [4.69, 9.17) is 5.73 Å². The van der Waals surface area contributed by atoms with Crippen molar-refractivity contribution in [3.05, 3.63) is 16.1 Å². The molecule has 1 heterocycles. The fourth-order valence-electron chi connectivity index (χ4n) is 0.772. The molecule has 0 aliphatic heterocycles. The first-order valence-corrected chi connectivity index (χ1v) is 4.23. The van der Waals surface area contributed by atoms with Crippen molar-refractivity contribution in [2.75, 3.05) is 0 Å². The molecular formula is C7H12N2S. The molecule has 0 spiro atoms. The fourth-order valence-corrected chi connectivity index (χ4v) is 1.69. The van der Waals surface area contributed by atoms with Crippen LogP contribution in [0.25, 0.3) is 0 Å². The Hall–Kier alpha value is -0.410. The van der Waals surface area contributed by atoms with Crippen molar-refractivity contribution in [2.45, 2.75) is 26.3 Å². The van der Waals surface area contributed by atoms with E-state index in [0.717, 1.165) is 17.1 Å². The monoisotopic (exact) mass is 156 g/mol. The van der Waals surface area contributed by atoms with Gasteiger partial charge in [0, 0.05) is 23.5 Å². The summed E-state index contributed by atoms with van der Waals surface area (Å²) in [5.41, 5.74) is 6.70. The third kappa shape index (κ3) is 2.08. The maximum Gasteiger partial charge on any atom is 0.0943 e. The number of nitrogens with zero attached hydrogens (tertiary/aromatic N) is 1. The predicted octanol–water partition coefficient (Wildman–Crippen LogP) is 1.34. The van der Waals surface area contributed by atoms with Crippen molar-refractivity contribution in [1.29, 1.82) is 0 Å². The minimum atomic E-state index is 0.227. The second-order valence-corrected chi connectivity index (χ2v) is 3.51. The highest BCUT2D eigenvalue weighted by atomic mass is 32.1. The van der Waals surface area contributed by atoms with Crippen LogP contribution in [0.1, 0.15) is 17.6 Å². The van der Waals surface area contributed by atoms with E-state index in [-0.39, 0.29) is 6.04 Å². The lowest BCUT2D eigenvalue weighted by Gasteiger charge is -1.98. The summed E-state index contributed by atoms with van der Waals surface area (Å²) in [5.74, 6) is 0. The van der Waals surface area contributed by atoms with Gasteiger partial charge in [-0.25, -0.2) is 4.98 Å². The summed E-state index contributed by atoms with van der Waals surface area (Å²) in [7, 11) is 0. The summed E-state index contributed by atoms with van der Waals surface area (Å²) in [5, 5.41) is 3.20. The lowest BCUT2D eigenvalue weighted by atomic mass is 10.3. The van der Waals surface area contributed by atoms with E-state index in [1.165, 1.54) is 0 Å². The standard InChI is InChI=1S/C7H12N2S/c1-5(8)3-7-9-6(2)4-10-7/h4-5H,3,8H2,1-2H3/t5-/m1/s1. The average Bonchev–Trinajstić information content (AvgIpc) is 2.13. The van der Waals surface area contributed by atoms with Crippen molar-refractivity contribution in [1.82, 2.24) is 4.98 Å². The second kappa shape index (κ2) is 3.12.